The van der Waals surface area contributed by atoms with Gasteiger partial charge in [-0.05, 0) is 31.6 Å². The lowest BCUT2D eigenvalue weighted by atomic mass is 9.99. The Bertz CT molecular complexity index is 1010. The second-order valence-corrected chi connectivity index (χ2v) is 16.0. The lowest BCUT2D eigenvalue weighted by Crippen LogP contribution is -2.26. The smallest absolute Gasteiger partial charge is 0.305 e. The zero-order valence-corrected chi connectivity index (χ0v) is 36.1. The monoisotopic (exact) mass is 791 g/mol. The highest BCUT2D eigenvalue weighted by molar-refractivity contribution is 5.69. The SMILES string of the molecule is CCCCC[C@@H](O)/C=C/C=C\C=C\C=C\[C@@H](O)[C@H](O)CCCC(=O)OC[C@@H](O)COC(=O)CCCCCCCCCCCCCCCCCCCCC(C)CC. The summed E-state index contributed by atoms with van der Waals surface area (Å²) >= 11 is 0. The molecule has 0 amide bonds. The van der Waals surface area contributed by atoms with Crippen molar-refractivity contribution in [3.8, 4) is 0 Å². The Morgan fingerprint density at radius 2 is 0.893 bits per heavy atom. The van der Waals surface area contributed by atoms with Crippen LogP contribution in [0.3, 0.4) is 0 Å². The number of hydrogen-bond donors (Lipinski definition) is 4. The minimum Gasteiger partial charge on any atom is -0.463 e. The number of esters is 2. The van der Waals surface area contributed by atoms with E-state index in [0.29, 0.717) is 12.8 Å². The Kier molecular flexibility index (Phi) is 39.3. The second-order valence-electron chi connectivity index (χ2n) is 16.0. The molecule has 0 saturated carbocycles. The zero-order valence-electron chi connectivity index (χ0n) is 36.1. The number of rotatable bonds is 40. The van der Waals surface area contributed by atoms with Gasteiger partial charge in [0, 0.05) is 12.8 Å². The molecule has 0 aliphatic carbocycles. The van der Waals surface area contributed by atoms with Crippen molar-refractivity contribution < 1.29 is 39.5 Å². The molecule has 0 spiro atoms. The summed E-state index contributed by atoms with van der Waals surface area (Å²) in [6.45, 7) is 6.31. The maximum absolute atomic E-state index is 12.0. The summed E-state index contributed by atoms with van der Waals surface area (Å²) in [5.41, 5.74) is 0. The number of aliphatic hydroxyl groups is 4. The first kappa shape index (κ1) is 53.7. The Labute approximate surface area is 343 Å². The molecule has 326 valence electrons. The fourth-order valence-electron chi connectivity index (χ4n) is 6.45. The lowest BCUT2D eigenvalue weighted by Gasteiger charge is -2.14. The molecule has 0 aromatic rings. The van der Waals surface area contributed by atoms with Crippen molar-refractivity contribution in [2.24, 2.45) is 5.92 Å². The fraction of sp³-hybridized carbons (Fsp3) is 0.792. The Morgan fingerprint density at radius 3 is 1.38 bits per heavy atom. The van der Waals surface area contributed by atoms with Crippen LogP contribution in [-0.2, 0) is 19.1 Å². The first-order valence-electron chi connectivity index (χ1n) is 22.9. The van der Waals surface area contributed by atoms with Crippen molar-refractivity contribution in [2.75, 3.05) is 13.2 Å². The lowest BCUT2D eigenvalue weighted by molar-refractivity contribution is -0.152. The van der Waals surface area contributed by atoms with Gasteiger partial charge in [-0.15, -0.1) is 0 Å². The molecule has 0 aliphatic rings. The van der Waals surface area contributed by atoms with Crippen LogP contribution in [0.5, 0.6) is 0 Å². The molecule has 5 atom stereocenters. The third-order valence-electron chi connectivity index (χ3n) is 10.5. The van der Waals surface area contributed by atoms with Gasteiger partial charge in [-0.1, -0.05) is 211 Å². The predicted molar refractivity (Wildman–Crippen MR) is 232 cm³/mol. The van der Waals surface area contributed by atoms with Crippen LogP contribution in [0.4, 0.5) is 0 Å². The van der Waals surface area contributed by atoms with Crippen molar-refractivity contribution in [1.29, 1.82) is 0 Å². The van der Waals surface area contributed by atoms with Crippen LogP contribution in [0, 0.1) is 5.92 Å². The molecule has 0 aromatic carbocycles. The summed E-state index contributed by atoms with van der Waals surface area (Å²) < 4.78 is 10.2. The molecule has 0 aromatic heterocycles. The largest absolute Gasteiger partial charge is 0.463 e. The van der Waals surface area contributed by atoms with Gasteiger partial charge in [-0.3, -0.25) is 9.59 Å². The van der Waals surface area contributed by atoms with Gasteiger partial charge in [0.05, 0.1) is 18.3 Å². The summed E-state index contributed by atoms with van der Waals surface area (Å²) in [6, 6.07) is 0. The molecule has 0 heterocycles. The first-order chi connectivity index (χ1) is 27.2. The standard InChI is InChI=1S/C48H86O8/c1-4-6-27-34-43(49)35-29-24-21-22-25-30-36-45(51)46(52)37-32-39-48(54)56-41-44(50)40-55-47(53)38-31-26-20-18-16-14-12-10-8-7-9-11-13-15-17-19-23-28-33-42(3)5-2/h21-22,24-25,29-30,35-36,42-46,49-52H,4-20,23,26-28,31-34,37-41H2,1-3H3/b24-21-,25-22+,35-29+,36-30+/t42?,43-,44+,45-,46-/m1/s1. The van der Waals surface area contributed by atoms with E-state index in [1.54, 1.807) is 36.5 Å². The molecule has 0 fully saturated rings. The number of ether oxygens (including phenoxy) is 2. The van der Waals surface area contributed by atoms with Gasteiger partial charge < -0.3 is 29.9 Å². The van der Waals surface area contributed by atoms with E-state index in [9.17, 15) is 30.0 Å². The van der Waals surface area contributed by atoms with Gasteiger partial charge in [0.25, 0.3) is 0 Å². The first-order valence-corrected chi connectivity index (χ1v) is 22.9. The molecule has 0 rings (SSSR count). The van der Waals surface area contributed by atoms with Gasteiger partial charge in [0.1, 0.15) is 19.3 Å². The average Bonchev–Trinajstić information content (AvgIpc) is 3.19. The van der Waals surface area contributed by atoms with Crippen LogP contribution in [0.1, 0.15) is 201 Å². The van der Waals surface area contributed by atoms with E-state index in [0.717, 1.165) is 50.9 Å². The van der Waals surface area contributed by atoms with Crippen molar-refractivity contribution in [3.05, 3.63) is 48.6 Å². The fourth-order valence-corrected chi connectivity index (χ4v) is 6.45. The highest BCUT2D eigenvalue weighted by Crippen LogP contribution is 2.17. The van der Waals surface area contributed by atoms with E-state index >= 15 is 0 Å². The normalized spacial score (nSPS) is 14.9. The highest BCUT2D eigenvalue weighted by atomic mass is 16.6. The van der Waals surface area contributed by atoms with E-state index in [1.165, 1.54) is 115 Å². The van der Waals surface area contributed by atoms with E-state index in [4.69, 9.17) is 9.47 Å². The summed E-state index contributed by atoms with van der Waals surface area (Å²) in [5.74, 6) is 0.0245. The van der Waals surface area contributed by atoms with E-state index in [2.05, 4.69) is 20.8 Å². The van der Waals surface area contributed by atoms with Crippen molar-refractivity contribution in [2.45, 2.75) is 225 Å². The van der Waals surface area contributed by atoms with Crippen molar-refractivity contribution >= 4 is 11.9 Å². The quantitative estimate of drug-likeness (QED) is 0.0274. The Hall–Kier alpha value is -2.26. The molecule has 0 aliphatic heterocycles. The van der Waals surface area contributed by atoms with E-state index in [1.807, 2.05) is 6.08 Å². The topological polar surface area (TPSA) is 134 Å². The minimum atomic E-state index is -1.09. The molecule has 0 radical (unpaired) electrons. The van der Waals surface area contributed by atoms with Crippen LogP contribution < -0.4 is 0 Å². The molecule has 0 saturated heterocycles. The number of unbranched alkanes of at least 4 members (excludes halogenated alkanes) is 19. The van der Waals surface area contributed by atoms with Crippen LogP contribution in [0.2, 0.25) is 0 Å². The van der Waals surface area contributed by atoms with Gasteiger partial charge in [-0.2, -0.15) is 0 Å². The third kappa shape index (κ3) is 38.6. The number of allylic oxidation sites excluding steroid dienone is 6. The molecule has 56 heavy (non-hydrogen) atoms. The predicted octanol–water partition coefficient (Wildman–Crippen LogP) is 11.3. The average molecular weight is 791 g/mol. The summed E-state index contributed by atoms with van der Waals surface area (Å²) in [5, 5.41) is 40.2. The zero-order chi connectivity index (χ0) is 41.3. The molecular weight excluding hydrogens is 705 g/mol. The summed E-state index contributed by atoms with van der Waals surface area (Å²) in [4.78, 5) is 24.1. The summed E-state index contributed by atoms with van der Waals surface area (Å²) in [6.07, 6.45) is 41.2. The highest BCUT2D eigenvalue weighted by Gasteiger charge is 2.15. The van der Waals surface area contributed by atoms with Crippen molar-refractivity contribution in [3.63, 3.8) is 0 Å². The molecule has 4 N–H and O–H groups in total. The number of carbonyl (C=O) groups is 2. The molecule has 8 nitrogen and oxygen atoms in total. The minimum absolute atomic E-state index is 0.0324. The number of carbonyl (C=O) groups excluding carboxylic acids is 2. The Balaban J connectivity index is 3.66. The second kappa shape index (κ2) is 40.9. The van der Waals surface area contributed by atoms with Gasteiger partial charge in [-0.25, -0.2) is 0 Å². The van der Waals surface area contributed by atoms with Gasteiger partial charge in [0.2, 0.25) is 0 Å². The van der Waals surface area contributed by atoms with E-state index in [-0.39, 0.29) is 32.0 Å². The number of aliphatic hydroxyl groups excluding tert-OH is 4. The van der Waals surface area contributed by atoms with Gasteiger partial charge >= 0.3 is 11.9 Å². The molecular formula is C48H86O8. The van der Waals surface area contributed by atoms with Gasteiger partial charge in [0.15, 0.2) is 0 Å². The van der Waals surface area contributed by atoms with E-state index < -0.39 is 30.4 Å². The third-order valence-corrected chi connectivity index (χ3v) is 10.5. The van der Waals surface area contributed by atoms with Crippen molar-refractivity contribution in [1.82, 2.24) is 0 Å². The maximum Gasteiger partial charge on any atom is 0.305 e. The maximum atomic E-state index is 12.0. The molecule has 0 bridgehead atoms. The van der Waals surface area contributed by atoms with Crippen LogP contribution in [0.25, 0.3) is 0 Å². The van der Waals surface area contributed by atoms with Crippen LogP contribution >= 0.6 is 0 Å². The Morgan fingerprint density at radius 1 is 0.482 bits per heavy atom. The van der Waals surface area contributed by atoms with Crippen LogP contribution in [0.15, 0.2) is 48.6 Å². The summed E-state index contributed by atoms with van der Waals surface area (Å²) in [7, 11) is 0. The van der Waals surface area contributed by atoms with Crippen LogP contribution in [-0.4, -0.2) is 70.0 Å². The number of hydrogen-bond acceptors (Lipinski definition) is 8. The molecule has 1 unspecified atom stereocenters. The molecule has 8 heteroatoms.